The van der Waals surface area contributed by atoms with Crippen LogP contribution in [0.5, 0.6) is 0 Å². The van der Waals surface area contributed by atoms with E-state index in [0.29, 0.717) is 30.1 Å². The van der Waals surface area contributed by atoms with E-state index in [-0.39, 0.29) is 5.82 Å². The highest BCUT2D eigenvalue weighted by Crippen LogP contribution is 2.27. The van der Waals surface area contributed by atoms with Crippen molar-refractivity contribution < 1.29 is 9.59 Å². The fourth-order valence-electron chi connectivity index (χ4n) is 3.12. The average Bonchev–Trinajstić information content (AvgIpc) is 3.08. The van der Waals surface area contributed by atoms with Crippen LogP contribution in [0.15, 0.2) is 24.7 Å². The number of nitrogens with zero attached hydrogens (tertiary/aromatic N) is 5. The number of nitrogens with one attached hydrogen (secondary N) is 1. The van der Waals surface area contributed by atoms with Crippen molar-refractivity contribution in [2.75, 3.05) is 18.4 Å². The van der Waals surface area contributed by atoms with Gasteiger partial charge in [-0.15, -0.1) is 0 Å². The van der Waals surface area contributed by atoms with Gasteiger partial charge in [-0.2, -0.15) is 10.4 Å². The second-order valence-corrected chi connectivity index (χ2v) is 6.46. The van der Waals surface area contributed by atoms with Crippen LogP contribution in [0.25, 0.3) is 0 Å². The molecular formula is C18H20N6O2. The fourth-order valence-corrected chi connectivity index (χ4v) is 3.12. The Labute approximate surface area is 151 Å². The van der Waals surface area contributed by atoms with Crippen LogP contribution in [-0.2, 0) is 16.6 Å². The molecule has 2 amide bonds. The molecule has 1 aliphatic rings. The summed E-state index contributed by atoms with van der Waals surface area (Å²) >= 11 is 0. The monoisotopic (exact) mass is 352 g/mol. The fraction of sp³-hybridized carbons (Fsp3) is 0.389. The van der Waals surface area contributed by atoms with E-state index in [1.54, 1.807) is 22.6 Å². The Balaban J connectivity index is 1.57. The van der Waals surface area contributed by atoms with Gasteiger partial charge in [-0.1, -0.05) is 0 Å². The molecule has 0 radical (unpaired) electrons. The Hall–Kier alpha value is -3.21. The van der Waals surface area contributed by atoms with E-state index >= 15 is 0 Å². The molecular weight excluding hydrogens is 332 g/mol. The molecule has 26 heavy (non-hydrogen) atoms. The zero-order valence-corrected chi connectivity index (χ0v) is 14.8. The summed E-state index contributed by atoms with van der Waals surface area (Å²) in [7, 11) is 1.88. The van der Waals surface area contributed by atoms with Gasteiger partial charge >= 0.3 is 11.8 Å². The number of hydrogen-bond donors (Lipinski definition) is 1. The molecule has 0 unspecified atom stereocenters. The Kier molecular flexibility index (Phi) is 4.98. The van der Waals surface area contributed by atoms with E-state index < -0.39 is 11.8 Å². The molecule has 0 saturated carbocycles. The number of piperidine rings is 1. The van der Waals surface area contributed by atoms with Crippen LogP contribution in [0.3, 0.4) is 0 Å². The first-order chi connectivity index (χ1) is 12.5. The highest BCUT2D eigenvalue weighted by Gasteiger charge is 2.28. The second kappa shape index (κ2) is 7.35. The molecule has 0 bridgehead atoms. The third kappa shape index (κ3) is 3.72. The lowest BCUT2D eigenvalue weighted by Crippen LogP contribution is -2.43. The maximum atomic E-state index is 12.4. The summed E-state index contributed by atoms with van der Waals surface area (Å²) in [6, 6.07) is 3.59. The number of hydrogen-bond acceptors (Lipinski definition) is 5. The van der Waals surface area contributed by atoms with Gasteiger partial charge in [0.05, 0.1) is 11.8 Å². The van der Waals surface area contributed by atoms with Crippen molar-refractivity contribution in [2.24, 2.45) is 7.05 Å². The summed E-state index contributed by atoms with van der Waals surface area (Å²) in [4.78, 5) is 30.2. The largest absolute Gasteiger partial charge is 0.334 e. The number of aromatic nitrogens is 3. The summed E-state index contributed by atoms with van der Waals surface area (Å²) in [5, 5.41) is 15.6. The molecule has 1 aliphatic heterocycles. The van der Waals surface area contributed by atoms with Crippen molar-refractivity contribution in [1.29, 1.82) is 5.26 Å². The van der Waals surface area contributed by atoms with Crippen molar-refractivity contribution in [1.82, 2.24) is 19.7 Å². The van der Waals surface area contributed by atoms with Crippen molar-refractivity contribution in [3.63, 3.8) is 0 Å². The normalized spacial score (nSPS) is 14.7. The maximum Gasteiger partial charge on any atom is 0.315 e. The van der Waals surface area contributed by atoms with E-state index in [1.165, 1.54) is 11.8 Å². The third-order valence-electron chi connectivity index (χ3n) is 4.65. The molecule has 0 spiro atoms. The van der Waals surface area contributed by atoms with Crippen molar-refractivity contribution in [3.05, 3.63) is 41.3 Å². The van der Waals surface area contributed by atoms with E-state index in [2.05, 4.69) is 15.4 Å². The third-order valence-corrected chi connectivity index (χ3v) is 4.65. The van der Waals surface area contributed by atoms with Crippen LogP contribution in [0.1, 0.15) is 35.4 Å². The highest BCUT2D eigenvalue weighted by molar-refractivity contribution is 6.39. The zero-order chi connectivity index (χ0) is 18.7. The lowest BCUT2D eigenvalue weighted by molar-refractivity contribution is -0.143. The molecule has 3 heterocycles. The molecule has 2 aromatic rings. The zero-order valence-electron chi connectivity index (χ0n) is 14.8. The molecule has 0 aromatic carbocycles. The number of pyridine rings is 1. The number of anilines is 1. The second-order valence-electron chi connectivity index (χ2n) is 6.46. The van der Waals surface area contributed by atoms with Gasteiger partial charge in [0, 0.05) is 32.5 Å². The van der Waals surface area contributed by atoms with E-state index in [9.17, 15) is 9.59 Å². The highest BCUT2D eigenvalue weighted by atomic mass is 16.2. The molecule has 1 fully saturated rings. The van der Waals surface area contributed by atoms with E-state index in [4.69, 9.17) is 5.26 Å². The smallest absolute Gasteiger partial charge is 0.315 e. The van der Waals surface area contributed by atoms with Gasteiger partial charge in [0.2, 0.25) is 0 Å². The lowest BCUT2D eigenvalue weighted by atomic mass is 9.91. The molecule has 8 nitrogen and oxygen atoms in total. The summed E-state index contributed by atoms with van der Waals surface area (Å²) in [6.07, 6.45) is 6.84. The number of carbonyl (C=O) groups is 2. The summed E-state index contributed by atoms with van der Waals surface area (Å²) in [5.74, 6) is -0.636. The maximum absolute atomic E-state index is 12.4. The minimum absolute atomic E-state index is 0.269. The first-order valence-corrected chi connectivity index (χ1v) is 8.43. The average molecular weight is 352 g/mol. The summed E-state index contributed by atoms with van der Waals surface area (Å²) < 4.78 is 1.77. The van der Waals surface area contributed by atoms with Crippen LogP contribution in [-0.4, -0.2) is 44.6 Å². The van der Waals surface area contributed by atoms with Gasteiger partial charge in [-0.25, -0.2) is 4.98 Å². The minimum Gasteiger partial charge on any atom is -0.334 e. The van der Waals surface area contributed by atoms with E-state index in [0.717, 1.165) is 12.8 Å². The standard InChI is InChI=1S/C18H20N6O2/c1-12-7-16(20-9-14(12)8-19)22-17(25)18(26)24-5-3-13(4-6-24)15-10-21-23(2)11-15/h7,9-11,13H,3-6H2,1-2H3,(H,20,22,25). The van der Waals surface area contributed by atoms with Gasteiger partial charge < -0.3 is 10.2 Å². The SMILES string of the molecule is Cc1cc(NC(=O)C(=O)N2CCC(c3cnn(C)c3)CC2)ncc1C#N. The number of nitriles is 1. The topological polar surface area (TPSA) is 104 Å². The van der Waals surface area contributed by atoms with Crippen LogP contribution in [0.4, 0.5) is 5.82 Å². The first-order valence-electron chi connectivity index (χ1n) is 8.43. The van der Waals surface area contributed by atoms with Crippen molar-refractivity contribution in [3.8, 4) is 6.07 Å². The molecule has 0 atom stereocenters. The Morgan fingerprint density at radius 2 is 2.04 bits per heavy atom. The lowest BCUT2D eigenvalue weighted by Gasteiger charge is -2.31. The van der Waals surface area contributed by atoms with Gasteiger partial charge in [-0.05, 0) is 42.9 Å². The van der Waals surface area contributed by atoms with Gasteiger partial charge in [0.15, 0.2) is 0 Å². The van der Waals surface area contributed by atoms with Crippen LogP contribution in [0, 0.1) is 18.3 Å². The number of aryl methyl sites for hydroxylation is 2. The quantitative estimate of drug-likeness (QED) is 0.822. The number of carbonyl (C=O) groups excluding carboxylic acids is 2. The Morgan fingerprint density at radius 1 is 1.31 bits per heavy atom. The summed E-state index contributed by atoms with van der Waals surface area (Å²) in [5.41, 5.74) is 2.30. The number of likely N-dealkylation sites (tertiary alicyclic amines) is 1. The molecule has 0 aliphatic carbocycles. The molecule has 134 valence electrons. The molecule has 1 saturated heterocycles. The summed E-state index contributed by atoms with van der Waals surface area (Å²) in [6.45, 7) is 2.82. The van der Waals surface area contributed by atoms with Crippen molar-refractivity contribution in [2.45, 2.75) is 25.7 Å². The van der Waals surface area contributed by atoms with Crippen LogP contribution in [0.2, 0.25) is 0 Å². The Morgan fingerprint density at radius 3 is 2.62 bits per heavy atom. The van der Waals surface area contributed by atoms with Gasteiger partial charge in [0.1, 0.15) is 11.9 Å². The number of rotatable bonds is 2. The first kappa shape index (κ1) is 17.6. The minimum atomic E-state index is -0.707. The van der Waals surface area contributed by atoms with Crippen LogP contribution < -0.4 is 5.32 Å². The molecule has 3 rings (SSSR count). The van der Waals surface area contributed by atoms with Crippen LogP contribution >= 0.6 is 0 Å². The van der Waals surface area contributed by atoms with Crippen molar-refractivity contribution >= 4 is 17.6 Å². The Bertz CT molecular complexity index is 874. The predicted octanol–water partition coefficient (Wildman–Crippen LogP) is 1.34. The molecule has 1 N–H and O–H groups in total. The van der Waals surface area contributed by atoms with Gasteiger partial charge in [-0.3, -0.25) is 14.3 Å². The molecule has 2 aromatic heterocycles. The predicted molar refractivity (Wildman–Crippen MR) is 94.1 cm³/mol. The van der Waals surface area contributed by atoms with Gasteiger partial charge in [0.25, 0.3) is 0 Å². The van der Waals surface area contributed by atoms with E-state index in [1.807, 2.05) is 25.5 Å². The number of amides is 2. The molecule has 8 heteroatoms.